The van der Waals surface area contributed by atoms with Gasteiger partial charge in [0.2, 0.25) is 0 Å². The number of nitro groups is 1. The maximum absolute atomic E-state index is 13.7. The van der Waals surface area contributed by atoms with Crippen LogP contribution in [0, 0.1) is 10.1 Å². The second kappa shape index (κ2) is 10.7. The van der Waals surface area contributed by atoms with Crippen molar-refractivity contribution in [2.75, 3.05) is 5.75 Å². The smallest absolute Gasteiger partial charge is 0.270 e. The first-order chi connectivity index (χ1) is 17.9. The Morgan fingerprint density at radius 3 is 2.76 bits per heavy atom. The van der Waals surface area contributed by atoms with Gasteiger partial charge >= 0.3 is 0 Å². The summed E-state index contributed by atoms with van der Waals surface area (Å²) in [4.78, 5) is 43.7. The first kappa shape index (κ1) is 24.8. The first-order valence-electron chi connectivity index (χ1n) is 11.8. The van der Waals surface area contributed by atoms with Crippen LogP contribution in [0.4, 0.5) is 5.69 Å². The van der Waals surface area contributed by atoms with Crippen LogP contribution in [0.25, 0.3) is 15.9 Å². The van der Waals surface area contributed by atoms with E-state index < -0.39 is 4.92 Å². The SMILES string of the molecule is CC(=NNC(=O)CSc1nc2sc3c(c2c(=O)n1-c1ccccc1)CCCC3)c1cccc([N+](=O)[O-])c1. The normalized spacial score (nSPS) is 13.4. The largest absolute Gasteiger partial charge is 0.272 e. The molecule has 0 saturated carbocycles. The highest BCUT2D eigenvalue weighted by Gasteiger charge is 2.23. The van der Waals surface area contributed by atoms with E-state index in [9.17, 15) is 19.7 Å². The number of non-ortho nitro benzene ring substituents is 1. The fourth-order valence-electron chi connectivity index (χ4n) is 4.31. The number of hydrazone groups is 1. The summed E-state index contributed by atoms with van der Waals surface area (Å²) >= 11 is 2.74. The Balaban J connectivity index is 1.40. The molecule has 0 saturated heterocycles. The standard InChI is InChI=1S/C26H23N5O4S2/c1-16(17-8-7-11-19(14-17)31(34)35)28-29-22(32)15-36-26-27-24-23(20-12-5-6-13-21(20)37-24)25(33)30(26)18-9-3-2-4-10-18/h2-4,7-11,14H,5-6,12-13,15H2,1H3,(H,29,32). The number of para-hydroxylation sites is 1. The average molecular weight is 534 g/mol. The van der Waals surface area contributed by atoms with Crippen molar-refractivity contribution in [3.63, 3.8) is 0 Å². The average Bonchev–Trinajstić information content (AvgIpc) is 3.29. The number of carbonyl (C=O) groups is 1. The molecule has 1 aliphatic carbocycles. The maximum atomic E-state index is 13.7. The molecule has 0 bridgehead atoms. The lowest BCUT2D eigenvalue weighted by Crippen LogP contribution is -2.24. The van der Waals surface area contributed by atoms with Crippen molar-refractivity contribution in [2.24, 2.45) is 5.10 Å². The number of benzene rings is 2. The third-order valence-corrected chi connectivity index (χ3v) is 8.25. The summed E-state index contributed by atoms with van der Waals surface area (Å²) in [7, 11) is 0. The van der Waals surface area contributed by atoms with Gasteiger partial charge in [-0.05, 0) is 50.3 Å². The van der Waals surface area contributed by atoms with Crippen LogP contribution in [0.5, 0.6) is 0 Å². The number of thiophene rings is 1. The van der Waals surface area contributed by atoms with Gasteiger partial charge < -0.3 is 0 Å². The van der Waals surface area contributed by atoms with Gasteiger partial charge in [0.15, 0.2) is 5.16 Å². The van der Waals surface area contributed by atoms with E-state index in [0.717, 1.165) is 31.2 Å². The number of nitrogens with one attached hydrogen (secondary N) is 1. The van der Waals surface area contributed by atoms with Gasteiger partial charge in [-0.2, -0.15) is 5.10 Å². The number of rotatable bonds is 7. The number of nitro benzene ring substituents is 1. The molecule has 0 spiro atoms. The highest BCUT2D eigenvalue weighted by atomic mass is 32.2. The van der Waals surface area contributed by atoms with Crippen LogP contribution < -0.4 is 11.0 Å². The van der Waals surface area contributed by atoms with E-state index in [4.69, 9.17) is 4.98 Å². The van der Waals surface area contributed by atoms with Gasteiger partial charge in [0.05, 0.1) is 27.5 Å². The number of fused-ring (bicyclic) bond motifs is 3. The quantitative estimate of drug-likeness (QED) is 0.119. The Hall–Kier alpha value is -3.83. The van der Waals surface area contributed by atoms with E-state index in [1.54, 1.807) is 35.0 Å². The van der Waals surface area contributed by atoms with Crippen LogP contribution in [0.3, 0.4) is 0 Å². The number of carbonyl (C=O) groups excluding carboxylic acids is 1. The highest BCUT2D eigenvalue weighted by molar-refractivity contribution is 7.99. The molecule has 0 aliphatic heterocycles. The number of hydrogen-bond acceptors (Lipinski definition) is 8. The number of nitrogens with zero attached hydrogens (tertiary/aromatic N) is 4. The molecule has 4 aromatic rings. The topological polar surface area (TPSA) is 119 Å². The van der Waals surface area contributed by atoms with Crippen molar-refractivity contribution in [1.29, 1.82) is 0 Å². The summed E-state index contributed by atoms with van der Waals surface area (Å²) in [5.41, 5.74) is 5.12. The number of amides is 1. The van der Waals surface area contributed by atoms with Crippen LogP contribution in [-0.2, 0) is 17.6 Å². The molecule has 37 heavy (non-hydrogen) atoms. The minimum Gasteiger partial charge on any atom is -0.272 e. The summed E-state index contributed by atoms with van der Waals surface area (Å²) in [5.74, 6) is -0.393. The van der Waals surface area contributed by atoms with Crippen molar-refractivity contribution in [3.8, 4) is 5.69 Å². The minimum atomic E-state index is -0.480. The Morgan fingerprint density at radius 2 is 1.97 bits per heavy atom. The minimum absolute atomic E-state index is 0.0123. The van der Waals surface area contributed by atoms with E-state index in [1.165, 1.54) is 28.8 Å². The van der Waals surface area contributed by atoms with E-state index in [-0.39, 0.29) is 22.9 Å². The maximum Gasteiger partial charge on any atom is 0.270 e. The zero-order chi connectivity index (χ0) is 25.9. The van der Waals surface area contributed by atoms with Crippen molar-refractivity contribution in [3.05, 3.63) is 91.1 Å². The van der Waals surface area contributed by atoms with E-state index in [1.807, 2.05) is 30.3 Å². The Morgan fingerprint density at radius 1 is 1.19 bits per heavy atom. The molecular formula is C26H23N5O4S2. The van der Waals surface area contributed by atoms with Crippen LogP contribution in [0.1, 0.15) is 35.8 Å². The molecule has 0 radical (unpaired) electrons. The molecule has 1 amide bonds. The number of aryl methyl sites for hydroxylation is 2. The lowest BCUT2D eigenvalue weighted by atomic mass is 9.97. The fraction of sp³-hybridized carbons (Fsp3) is 0.231. The van der Waals surface area contributed by atoms with Gasteiger partial charge in [-0.25, -0.2) is 10.4 Å². The van der Waals surface area contributed by atoms with Crippen LogP contribution >= 0.6 is 23.1 Å². The fourth-order valence-corrected chi connectivity index (χ4v) is 6.41. The molecule has 5 rings (SSSR count). The van der Waals surface area contributed by atoms with Gasteiger partial charge in [0, 0.05) is 22.6 Å². The molecule has 0 atom stereocenters. The highest BCUT2D eigenvalue weighted by Crippen LogP contribution is 2.35. The van der Waals surface area contributed by atoms with Crippen LogP contribution in [-0.4, -0.2) is 31.8 Å². The molecule has 188 valence electrons. The Kier molecular flexibility index (Phi) is 7.15. The van der Waals surface area contributed by atoms with E-state index in [2.05, 4.69) is 10.5 Å². The molecule has 0 unspecified atom stereocenters. The number of aromatic nitrogens is 2. The van der Waals surface area contributed by atoms with Crippen LogP contribution in [0.2, 0.25) is 0 Å². The van der Waals surface area contributed by atoms with Gasteiger partial charge in [0.1, 0.15) is 4.83 Å². The lowest BCUT2D eigenvalue weighted by Gasteiger charge is -2.13. The predicted octanol–water partition coefficient (Wildman–Crippen LogP) is 4.87. The molecular weight excluding hydrogens is 510 g/mol. The van der Waals surface area contributed by atoms with E-state index >= 15 is 0 Å². The van der Waals surface area contributed by atoms with Gasteiger partial charge in [-0.15, -0.1) is 11.3 Å². The molecule has 0 fully saturated rings. The van der Waals surface area contributed by atoms with E-state index in [0.29, 0.717) is 32.3 Å². The van der Waals surface area contributed by atoms with Crippen molar-refractivity contribution in [2.45, 2.75) is 37.8 Å². The first-order valence-corrected chi connectivity index (χ1v) is 13.6. The number of thioether (sulfide) groups is 1. The zero-order valence-electron chi connectivity index (χ0n) is 20.0. The molecule has 2 heterocycles. The summed E-state index contributed by atoms with van der Waals surface area (Å²) in [6, 6.07) is 15.4. The number of hydrogen-bond donors (Lipinski definition) is 1. The third-order valence-electron chi connectivity index (χ3n) is 6.13. The second-order valence-corrected chi connectivity index (χ2v) is 10.6. The molecule has 1 N–H and O–H groups in total. The zero-order valence-corrected chi connectivity index (χ0v) is 21.6. The van der Waals surface area contributed by atoms with Crippen molar-refractivity contribution >= 4 is 50.6 Å². The van der Waals surface area contributed by atoms with Crippen molar-refractivity contribution in [1.82, 2.24) is 15.0 Å². The molecule has 11 heteroatoms. The molecule has 1 aliphatic rings. The third kappa shape index (κ3) is 5.18. The summed E-state index contributed by atoms with van der Waals surface area (Å²) < 4.78 is 1.58. The predicted molar refractivity (Wildman–Crippen MR) is 146 cm³/mol. The Labute approximate surface area is 220 Å². The lowest BCUT2D eigenvalue weighted by molar-refractivity contribution is -0.384. The summed E-state index contributed by atoms with van der Waals surface area (Å²) in [6.07, 6.45) is 4.03. The molecule has 2 aromatic carbocycles. The van der Waals surface area contributed by atoms with Crippen LogP contribution in [0.15, 0.2) is 69.6 Å². The summed E-state index contributed by atoms with van der Waals surface area (Å²) in [6.45, 7) is 1.66. The van der Waals surface area contributed by atoms with Crippen molar-refractivity contribution < 1.29 is 9.72 Å². The van der Waals surface area contributed by atoms with Gasteiger partial charge in [0.25, 0.3) is 17.2 Å². The monoisotopic (exact) mass is 533 g/mol. The second-order valence-electron chi connectivity index (χ2n) is 8.59. The Bertz CT molecular complexity index is 1590. The van der Waals surface area contributed by atoms with Gasteiger partial charge in [-0.1, -0.05) is 42.1 Å². The van der Waals surface area contributed by atoms with Gasteiger partial charge in [-0.3, -0.25) is 24.3 Å². The molecule has 2 aromatic heterocycles. The molecule has 9 nitrogen and oxygen atoms in total. The summed E-state index contributed by atoms with van der Waals surface area (Å²) in [5, 5.41) is 16.2.